The number of aromatic amines is 1. The van der Waals surface area contributed by atoms with Gasteiger partial charge >= 0.3 is 0 Å². The Balaban J connectivity index is 2.01. The maximum absolute atomic E-state index is 11.9. The lowest BCUT2D eigenvalue weighted by Crippen LogP contribution is -2.20. The molecule has 0 aliphatic rings. The van der Waals surface area contributed by atoms with Crippen molar-refractivity contribution in [2.45, 2.75) is 13.3 Å². The van der Waals surface area contributed by atoms with E-state index in [9.17, 15) is 9.59 Å². The molecule has 1 amide bonds. The summed E-state index contributed by atoms with van der Waals surface area (Å²) in [6.45, 7) is 2.52. The molecule has 2 aromatic rings. The van der Waals surface area contributed by atoms with E-state index in [2.05, 4.69) is 26.2 Å². The highest BCUT2D eigenvalue weighted by atomic mass is 79.9. The second-order valence-corrected chi connectivity index (χ2v) is 5.28. The van der Waals surface area contributed by atoms with Crippen molar-refractivity contribution in [3.8, 4) is 5.75 Å². The van der Waals surface area contributed by atoms with E-state index in [1.165, 1.54) is 6.20 Å². The zero-order valence-electron chi connectivity index (χ0n) is 11.5. The van der Waals surface area contributed by atoms with Gasteiger partial charge < -0.3 is 15.0 Å². The molecule has 0 saturated heterocycles. The minimum atomic E-state index is -0.335. The van der Waals surface area contributed by atoms with Crippen LogP contribution in [0.5, 0.6) is 5.75 Å². The van der Waals surface area contributed by atoms with Crippen LogP contribution >= 0.6 is 15.9 Å². The van der Waals surface area contributed by atoms with E-state index in [1.54, 1.807) is 6.07 Å². The predicted molar refractivity (Wildman–Crippen MR) is 84.7 cm³/mol. The van der Waals surface area contributed by atoms with Gasteiger partial charge in [-0.2, -0.15) is 0 Å². The molecule has 0 spiro atoms. The van der Waals surface area contributed by atoms with Crippen LogP contribution in [0.15, 0.2) is 45.8 Å². The normalized spacial score (nSPS) is 10.2. The molecule has 0 bridgehead atoms. The van der Waals surface area contributed by atoms with E-state index in [-0.39, 0.29) is 23.6 Å². The Labute approximate surface area is 130 Å². The third-order valence-electron chi connectivity index (χ3n) is 2.74. The first-order valence-corrected chi connectivity index (χ1v) is 7.27. The number of ether oxygens (including phenoxy) is 1. The van der Waals surface area contributed by atoms with Crippen molar-refractivity contribution in [2.24, 2.45) is 0 Å². The predicted octanol–water partition coefficient (Wildman–Crippen LogP) is 2.72. The molecule has 0 aliphatic carbocycles. The van der Waals surface area contributed by atoms with E-state index in [0.29, 0.717) is 11.1 Å². The lowest BCUT2D eigenvalue weighted by Gasteiger charge is -2.06. The fraction of sp³-hybridized carbons (Fsp3) is 0.200. The van der Waals surface area contributed by atoms with E-state index >= 15 is 0 Å². The number of halogens is 1. The molecule has 2 rings (SSSR count). The molecule has 2 N–H and O–H groups in total. The molecule has 0 unspecified atom stereocenters. The number of nitrogens with one attached hydrogen (secondary N) is 2. The number of aromatic nitrogens is 1. The van der Waals surface area contributed by atoms with E-state index in [4.69, 9.17) is 4.74 Å². The standard InChI is InChI=1S/C15H15BrN2O3/c1-2-21-12-5-3-10(4-6-12)7-14(19)18-13-8-11(16)9-17-15(13)20/h3-6,8-9H,2,7H2,1H3,(H,17,20)(H,18,19). The zero-order valence-corrected chi connectivity index (χ0v) is 13.1. The highest BCUT2D eigenvalue weighted by Gasteiger charge is 2.07. The lowest BCUT2D eigenvalue weighted by molar-refractivity contribution is -0.115. The van der Waals surface area contributed by atoms with Crippen molar-refractivity contribution in [3.05, 3.63) is 56.9 Å². The van der Waals surface area contributed by atoms with Crippen LogP contribution in [0.3, 0.4) is 0 Å². The first-order valence-electron chi connectivity index (χ1n) is 6.48. The number of carbonyl (C=O) groups is 1. The number of H-pyrrole nitrogens is 1. The largest absolute Gasteiger partial charge is 0.494 e. The number of benzene rings is 1. The molecule has 0 atom stereocenters. The summed E-state index contributed by atoms with van der Waals surface area (Å²) in [5.41, 5.74) is 0.737. The second kappa shape index (κ2) is 7.08. The van der Waals surface area contributed by atoms with E-state index in [1.807, 2.05) is 31.2 Å². The van der Waals surface area contributed by atoms with Crippen molar-refractivity contribution in [1.82, 2.24) is 4.98 Å². The number of amides is 1. The van der Waals surface area contributed by atoms with Gasteiger partial charge in [0, 0.05) is 10.7 Å². The molecule has 0 aliphatic heterocycles. The maximum atomic E-state index is 11.9. The van der Waals surface area contributed by atoms with Crippen molar-refractivity contribution in [2.75, 3.05) is 11.9 Å². The smallest absolute Gasteiger partial charge is 0.271 e. The van der Waals surface area contributed by atoms with Gasteiger partial charge in [0.1, 0.15) is 11.4 Å². The first-order chi connectivity index (χ1) is 10.1. The van der Waals surface area contributed by atoms with Gasteiger partial charge in [-0.15, -0.1) is 0 Å². The summed E-state index contributed by atoms with van der Waals surface area (Å²) >= 11 is 3.24. The molecule has 1 heterocycles. The summed E-state index contributed by atoms with van der Waals surface area (Å²) in [7, 11) is 0. The SMILES string of the molecule is CCOc1ccc(CC(=O)Nc2cc(Br)c[nH]c2=O)cc1. The molecule has 0 fully saturated rings. The van der Waals surface area contributed by atoms with Gasteiger partial charge in [0.2, 0.25) is 5.91 Å². The van der Waals surface area contributed by atoms with Crippen molar-refractivity contribution in [1.29, 1.82) is 0 Å². The van der Waals surface area contributed by atoms with Crippen molar-refractivity contribution < 1.29 is 9.53 Å². The van der Waals surface area contributed by atoms with Gasteiger partial charge in [-0.25, -0.2) is 0 Å². The third kappa shape index (κ3) is 4.46. The van der Waals surface area contributed by atoms with Crippen molar-refractivity contribution >= 4 is 27.5 Å². The number of anilines is 1. The van der Waals surface area contributed by atoms with Crippen molar-refractivity contribution in [3.63, 3.8) is 0 Å². The summed E-state index contributed by atoms with van der Waals surface area (Å²) in [6.07, 6.45) is 1.71. The molecule has 5 nitrogen and oxygen atoms in total. The molecular formula is C15H15BrN2O3. The molecule has 0 saturated carbocycles. The molecule has 1 aromatic carbocycles. The average Bonchev–Trinajstić information content (AvgIpc) is 2.45. The molecule has 110 valence electrons. The van der Waals surface area contributed by atoms with Gasteiger partial charge in [-0.3, -0.25) is 9.59 Å². The van der Waals surface area contributed by atoms with Crippen LogP contribution in [0.4, 0.5) is 5.69 Å². The molecular weight excluding hydrogens is 336 g/mol. The van der Waals surface area contributed by atoms with Gasteiger partial charge in [0.15, 0.2) is 0 Å². The maximum Gasteiger partial charge on any atom is 0.271 e. The fourth-order valence-corrected chi connectivity index (χ4v) is 2.14. The summed E-state index contributed by atoms with van der Waals surface area (Å²) in [5, 5.41) is 2.60. The Morgan fingerprint density at radius 3 is 2.71 bits per heavy atom. The van der Waals surface area contributed by atoms with Gasteiger partial charge in [0.25, 0.3) is 5.56 Å². The van der Waals surface area contributed by atoms with Gasteiger partial charge in [-0.05, 0) is 46.6 Å². The third-order valence-corrected chi connectivity index (χ3v) is 3.20. The minimum Gasteiger partial charge on any atom is -0.494 e. The van der Waals surface area contributed by atoms with Gasteiger partial charge in [-0.1, -0.05) is 12.1 Å². The summed E-state index contributed by atoms with van der Waals surface area (Å²) in [6, 6.07) is 8.86. The summed E-state index contributed by atoms with van der Waals surface area (Å²) in [4.78, 5) is 26.0. The van der Waals surface area contributed by atoms with Crippen LogP contribution in [0.2, 0.25) is 0 Å². The number of hydrogen-bond acceptors (Lipinski definition) is 3. The van der Waals surface area contributed by atoms with Crippen LogP contribution in [0, 0.1) is 0 Å². The van der Waals surface area contributed by atoms with E-state index in [0.717, 1.165) is 11.3 Å². The molecule has 21 heavy (non-hydrogen) atoms. The topological polar surface area (TPSA) is 71.2 Å². The van der Waals surface area contributed by atoms with E-state index < -0.39 is 0 Å². The van der Waals surface area contributed by atoms with Crippen LogP contribution < -0.4 is 15.6 Å². The van der Waals surface area contributed by atoms with Crippen LogP contribution in [0.1, 0.15) is 12.5 Å². The summed E-state index contributed by atoms with van der Waals surface area (Å²) < 4.78 is 6.03. The highest BCUT2D eigenvalue weighted by Crippen LogP contribution is 2.14. The number of hydrogen-bond donors (Lipinski definition) is 2. The minimum absolute atomic E-state index is 0.193. The summed E-state index contributed by atoms with van der Waals surface area (Å²) in [5.74, 6) is 0.521. The zero-order chi connectivity index (χ0) is 15.2. The fourth-order valence-electron chi connectivity index (χ4n) is 1.80. The average molecular weight is 351 g/mol. The first kappa shape index (κ1) is 15.3. The number of rotatable bonds is 5. The van der Waals surface area contributed by atoms with Crippen LogP contribution in [0.25, 0.3) is 0 Å². The molecule has 6 heteroatoms. The molecule has 1 aromatic heterocycles. The van der Waals surface area contributed by atoms with Crippen LogP contribution in [-0.2, 0) is 11.2 Å². The Morgan fingerprint density at radius 2 is 2.05 bits per heavy atom. The Kier molecular flexibility index (Phi) is 5.16. The Hall–Kier alpha value is -2.08. The monoisotopic (exact) mass is 350 g/mol. The quantitative estimate of drug-likeness (QED) is 0.870. The van der Waals surface area contributed by atoms with Crippen LogP contribution in [-0.4, -0.2) is 17.5 Å². The molecule has 0 radical (unpaired) electrons. The Bertz CT molecular complexity index is 680. The lowest BCUT2D eigenvalue weighted by atomic mass is 10.1. The second-order valence-electron chi connectivity index (χ2n) is 4.36. The highest BCUT2D eigenvalue weighted by molar-refractivity contribution is 9.10. The van der Waals surface area contributed by atoms with Gasteiger partial charge in [0.05, 0.1) is 13.0 Å². The Morgan fingerprint density at radius 1 is 1.33 bits per heavy atom. The number of pyridine rings is 1. The number of carbonyl (C=O) groups excluding carboxylic acids is 1.